The molecule has 3 aromatic rings. The number of hydrogen-bond acceptors (Lipinski definition) is 3. The van der Waals surface area contributed by atoms with E-state index in [0.717, 1.165) is 11.8 Å². The number of H-pyrrole nitrogens is 1. The van der Waals surface area contributed by atoms with Crippen molar-refractivity contribution in [3.05, 3.63) is 48.3 Å². The van der Waals surface area contributed by atoms with Gasteiger partial charge >= 0.3 is 0 Å². The van der Waals surface area contributed by atoms with Crippen molar-refractivity contribution < 1.29 is 12.8 Å². The second kappa shape index (κ2) is 4.85. The Balaban J connectivity index is 2.14. The van der Waals surface area contributed by atoms with Crippen molar-refractivity contribution in [2.24, 2.45) is 0 Å². The van der Waals surface area contributed by atoms with Crippen LogP contribution < -0.4 is 4.72 Å². The molecule has 2 aromatic carbocycles. The third-order valence-corrected chi connectivity index (χ3v) is 3.57. The summed E-state index contributed by atoms with van der Waals surface area (Å²) in [4.78, 5) is 0. The predicted molar refractivity (Wildman–Crippen MR) is 80.0 cm³/mol. The average molecular weight is 305 g/mol. The fourth-order valence-electron chi connectivity index (χ4n) is 2.15. The largest absolute Gasteiger partial charge is 0.284 e. The molecular weight excluding hydrogens is 293 g/mol. The molecule has 0 aliphatic carbocycles. The molecule has 1 heterocycles. The lowest BCUT2D eigenvalue weighted by Gasteiger charge is -2.04. The lowest BCUT2D eigenvalue weighted by Crippen LogP contribution is -2.09. The number of hydrogen-bond donors (Lipinski definition) is 2. The zero-order valence-corrected chi connectivity index (χ0v) is 11.9. The second-order valence-electron chi connectivity index (χ2n) is 4.72. The van der Waals surface area contributed by atoms with Crippen LogP contribution in [0.15, 0.2) is 42.5 Å². The Hall–Kier alpha value is -2.41. The van der Waals surface area contributed by atoms with E-state index in [1.54, 1.807) is 30.3 Å². The van der Waals surface area contributed by atoms with Crippen molar-refractivity contribution in [1.29, 1.82) is 0 Å². The molecule has 2 N–H and O–H groups in total. The fourth-order valence-corrected chi connectivity index (χ4v) is 2.70. The topological polar surface area (TPSA) is 74.8 Å². The van der Waals surface area contributed by atoms with Gasteiger partial charge in [0.05, 0.1) is 11.8 Å². The first-order valence-electron chi connectivity index (χ1n) is 6.14. The summed E-state index contributed by atoms with van der Waals surface area (Å²) in [6.07, 6.45) is 1.08. The van der Waals surface area contributed by atoms with Gasteiger partial charge in [-0.3, -0.25) is 9.82 Å². The van der Waals surface area contributed by atoms with E-state index in [1.165, 1.54) is 12.1 Å². The zero-order chi connectivity index (χ0) is 15.0. The van der Waals surface area contributed by atoms with Crippen LogP contribution in [0.3, 0.4) is 0 Å². The standard InChI is InChI=1S/C14H12FN3O2S/c1-21(19,20)18-11-5-6-13-12(8-11)14(17-16-13)9-3-2-4-10(15)7-9/h2-8,18H,1H3,(H,16,17). The van der Waals surface area contributed by atoms with Crippen LogP contribution in [-0.2, 0) is 10.0 Å². The maximum absolute atomic E-state index is 13.3. The van der Waals surface area contributed by atoms with Crippen LogP contribution in [0.4, 0.5) is 10.1 Å². The van der Waals surface area contributed by atoms with E-state index in [4.69, 9.17) is 0 Å². The van der Waals surface area contributed by atoms with E-state index in [-0.39, 0.29) is 5.82 Å². The van der Waals surface area contributed by atoms with E-state index >= 15 is 0 Å². The lowest BCUT2D eigenvalue weighted by atomic mass is 10.1. The van der Waals surface area contributed by atoms with E-state index in [1.807, 2.05) is 0 Å². The molecule has 5 nitrogen and oxygen atoms in total. The average Bonchev–Trinajstić information content (AvgIpc) is 2.80. The van der Waals surface area contributed by atoms with Crippen molar-refractivity contribution in [2.45, 2.75) is 0 Å². The van der Waals surface area contributed by atoms with Crippen LogP contribution in [-0.4, -0.2) is 24.9 Å². The van der Waals surface area contributed by atoms with E-state index in [2.05, 4.69) is 14.9 Å². The maximum atomic E-state index is 13.3. The van der Waals surface area contributed by atoms with Crippen molar-refractivity contribution in [3.63, 3.8) is 0 Å². The number of halogens is 1. The molecular formula is C14H12FN3O2S. The molecule has 0 unspecified atom stereocenters. The number of aromatic amines is 1. The molecule has 0 bridgehead atoms. The summed E-state index contributed by atoms with van der Waals surface area (Å²) >= 11 is 0. The molecule has 3 rings (SSSR count). The van der Waals surface area contributed by atoms with Gasteiger partial charge in [-0.05, 0) is 30.3 Å². The molecule has 108 valence electrons. The van der Waals surface area contributed by atoms with Gasteiger partial charge in [0.2, 0.25) is 10.0 Å². The van der Waals surface area contributed by atoms with Crippen LogP contribution in [0.5, 0.6) is 0 Å². The van der Waals surface area contributed by atoms with Crippen molar-refractivity contribution in [1.82, 2.24) is 10.2 Å². The zero-order valence-electron chi connectivity index (χ0n) is 11.1. The summed E-state index contributed by atoms with van der Waals surface area (Å²) in [5, 5.41) is 7.74. The molecule has 21 heavy (non-hydrogen) atoms. The Kier molecular flexibility index (Phi) is 3.13. The number of sulfonamides is 1. The Morgan fingerprint density at radius 1 is 1.19 bits per heavy atom. The number of nitrogens with zero attached hydrogens (tertiary/aromatic N) is 1. The molecule has 0 aliphatic rings. The molecule has 0 aliphatic heterocycles. The van der Waals surface area contributed by atoms with E-state index in [9.17, 15) is 12.8 Å². The van der Waals surface area contributed by atoms with Gasteiger partial charge in [0.25, 0.3) is 0 Å². The summed E-state index contributed by atoms with van der Waals surface area (Å²) in [6.45, 7) is 0. The molecule has 0 radical (unpaired) electrons. The van der Waals surface area contributed by atoms with Crippen LogP contribution in [0.1, 0.15) is 0 Å². The highest BCUT2D eigenvalue weighted by Gasteiger charge is 2.10. The minimum Gasteiger partial charge on any atom is -0.284 e. The van der Waals surface area contributed by atoms with Gasteiger partial charge in [0.15, 0.2) is 0 Å². The lowest BCUT2D eigenvalue weighted by molar-refractivity contribution is 0.607. The Morgan fingerprint density at radius 3 is 2.71 bits per heavy atom. The molecule has 0 amide bonds. The Labute approximate surface area is 120 Å². The number of anilines is 1. The maximum Gasteiger partial charge on any atom is 0.229 e. The molecule has 0 atom stereocenters. The van der Waals surface area contributed by atoms with E-state index in [0.29, 0.717) is 22.3 Å². The summed E-state index contributed by atoms with van der Waals surface area (Å²) in [5.41, 5.74) is 2.37. The second-order valence-corrected chi connectivity index (χ2v) is 6.47. The third-order valence-electron chi connectivity index (χ3n) is 2.96. The van der Waals surface area contributed by atoms with Crippen molar-refractivity contribution >= 4 is 26.6 Å². The highest BCUT2D eigenvalue weighted by Crippen LogP contribution is 2.28. The Morgan fingerprint density at radius 2 is 2.00 bits per heavy atom. The van der Waals surface area contributed by atoms with Crippen LogP contribution >= 0.6 is 0 Å². The minimum atomic E-state index is -3.35. The van der Waals surface area contributed by atoms with Gasteiger partial charge in [-0.1, -0.05) is 12.1 Å². The first-order chi connectivity index (χ1) is 9.92. The first kappa shape index (κ1) is 13.6. The number of fused-ring (bicyclic) bond motifs is 1. The molecule has 0 fully saturated rings. The number of benzene rings is 2. The summed E-state index contributed by atoms with van der Waals surface area (Å²) < 4.78 is 38.3. The van der Waals surface area contributed by atoms with Crippen LogP contribution in [0.2, 0.25) is 0 Å². The van der Waals surface area contributed by atoms with Crippen LogP contribution in [0.25, 0.3) is 22.2 Å². The SMILES string of the molecule is CS(=O)(=O)Nc1ccc2[nH]nc(-c3cccc(F)c3)c2c1. The molecule has 7 heteroatoms. The van der Waals surface area contributed by atoms with Gasteiger partial charge in [0.1, 0.15) is 11.5 Å². The smallest absolute Gasteiger partial charge is 0.229 e. The molecule has 0 saturated carbocycles. The number of aromatic nitrogens is 2. The van der Waals surface area contributed by atoms with Gasteiger partial charge in [-0.15, -0.1) is 0 Å². The van der Waals surface area contributed by atoms with Gasteiger partial charge < -0.3 is 0 Å². The monoisotopic (exact) mass is 305 g/mol. The minimum absolute atomic E-state index is 0.353. The molecule has 0 spiro atoms. The number of rotatable bonds is 3. The summed E-state index contributed by atoms with van der Waals surface area (Å²) in [5.74, 6) is -0.353. The molecule has 0 saturated heterocycles. The highest BCUT2D eigenvalue weighted by molar-refractivity contribution is 7.92. The van der Waals surface area contributed by atoms with Gasteiger partial charge in [-0.2, -0.15) is 5.10 Å². The predicted octanol–water partition coefficient (Wildman–Crippen LogP) is 2.74. The van der Waals surface area contributed by atoms with Crippen molar-refractivity contribution in [2.75, 3.05) is 11.0 Å². The summed E-state index contributed by atoms with van der Waals surface area (Å²) in [7, 11) is -3.35. The first-order valence-corrected chi connectivity index (χ1v) is 8.03. The van der Waals surface area contributed by atoms with Gasteiger partial charge in [0, 0.05) is 16.6 Å². The van der Waals surface area contributed by atoms with Gasteiger partial charge in [-0.25, -0.2) is 12.8 Å². The van der Waals surface area contributed by atoms with Crippen LogP contribution in [0, 0.1) is 5.82 Å². The van der Waals surface area contributed by atoms with E-state index < -0.39 is 10.0 Å². The normalized spacial score (nSPS) is 11.7. The Bertz CT molecular complexity index is 919. The summed E-state index contributed by atoms with van der Waals surface area (Å²) in [6, 6.07) is 11.1. The van der Waals surface area contributed by atoms with Crippen molar-refractivity contribution in [3.8, 4) is 11.3 Å². The highest BCUT2D eigenvalue weighted by atomic mass is 32.2. The quantitative estimate of drug-likeness (QED) is 0.781. The third kappa shape index (κ3) is 2.87. The fraction of sp³-hybridized carbons (Fsp3) is 0.0714. The number of nitrogens with one attached hydrogen (secondary N) is 2. The molecule has 1 aromatic heterocycles.